The van der Waals surface area contributed by atoms with E-state index in [0.29, 0.717) is 0 Å². The van der Waals surface area contributed by atoms with E-state index in [1.54, 1.807) is 0 Å². The van der Waals surface area contributed by atoms with Crippen LogP contribution in [0.1, 0.15) is 73.6 Å². The van der Waals surface area contributed by atoms with Gasteiger partial charge in [0.05, 0.1) is 0 Å². The van der Waals surface area contributed by atoms with Crippen molar-refractivity contribution in [1.82, 2.24) is 4.90 Å². The zero-order valence-electron chi connectivity index (χ0n) is 12.5. The smallest absolute Gasteiger partial charge is 0.00412 e. The summed E-state index contributed by atoms with van der Waals surface area (Å²) in [4.78, 5) is 2.66. The Morgan fingerprint density at radius 3 is 1.75 bits per heavy atom. The van der Waals surface area contributed by atoms with Gasteiger partial charge in [0, 0.05) is 12.6 Å². The van der Waals surface area contributed by atoms with Crippen molar-refractivity contribution in [3.05, 3.63) is 0 Å². The van der Waals surface area contributed by atoms with Crippen LogP contribution in [0.15, 0.2) is 0 Å². The minimum atomic E-state index is 0.768. The maximum atomic E-state index is 2.66. The fraction of sp³-hybridized carbons (Fsp3) is 1.00. The first kappa shape index (κ1) is 16.0. The minimum absolute atomic E-state index is 0.768. The van der Waals surface area contributed by atoms with Gasteiger partial charge in [0.1, 0.15) is 0 Å². The molecule has 0 aromatic heterocycles. The van der Waals surface area contributed by atoms with Crippen LogP contribution < -0.4 is 0 Å². The van der Waals surface area contributed by atoms with E-state index in [1.807, 2.05) is 27.7 Å². The average molecular weight is 227 g/mol. The average Bonchev–Trinajstić information content (AvgIpc) is 2.96. The summed E-state index contributed by atoms with van der Waals surface area (Å²) in [5, 5.41) is 0. The summed E-state index contributed by atoms with van der Waals surface area (Å²) in [6.07, 6.45) is 7.48. The molecule has 1 nitrogen and oxygen atoms in total. The van der Waals surface area contributed by atoms with Crippen LogP contribution in [0.25, 0.3) is 0 Å². The summed E-state index contributed by atoms with van der Waals surface area (Å²) in [5.41, 5.74) is 0.768. The third kappa shape index (κ3) is 4.08. The lowest BCUT2D eigenvalue weighted by molar-refractivity contribution is 0.225. The molecular weight excluding hydrogens is 194 g/mol. The van der Waals surface area contributed by atoms with Gasteiger partial charge in [-0.15, -0.1) is 0 Å². The normalized spacial score (nSPS) is 22.7. The number of hydrogen-bond donors (Lipinski definition) is 0. The molecule has 0 aromatic rings. The molecule has 1 saturated carbocycles. The molecule has 2 aliphatic rings. The van der Waals surface area contributed by atoms with Gasteiger partial charge >= 0.3 is 0 Å². The number of rotatable bonds is 1. The van der Waals surface area contributed by atoms with Crippen LogP contribution in [0.5, 0.6) is 0 Å². The number of nitrogens with zero attached hydrogens (tertiary/aromatic N) is 1. The van der Waals surface area contributed by atoms with E-state index in [1.165, 1.54) is 45.2 Å². The summed E-state index contributed by atoms with van der Waals surface area (Å²) in [7, 11) is 0. The molecule has 1 heterocycles. The summed E-state index contributed by atoms with van der Waals surface area (Å²) in [5.74, 6) is 0. The second-order valence-corrected chi connectivity index (χ2v) is 5.02. The van der Waals surface area contributed by atoms with Crippen LogP contribution in [-0.4, -0.2) is 24.0 Å². The van der Waals surface area contributed by atoms with Gasteiger partial charge in [-0.25, -0.2) is 0 Å². The minimum Gasteiger partial charge on any atom is -0.300 e. The van der Waals surface area contributed by atoms with Gasteiger partial charge in [-0.3, -0.25) is 0 Å². The molecule has 0 atom stereocenters. The van der Waals surface area contributed by atoms with Crippen LogP contribution in [0.4, 0.5) is 0 Å². The number of likely N-dealkylation sites (tertiary alicyclic amines) is 1. The van der Waals surface area contributed by atoms with E-state index in [9.17, 15) is 0 Å². The fourth-order valence-electron chi connectivity index (χ4n) is 2.94. The van der Waals surface area contributed by atoms with E-state index in [0.717, 1.165) is 11.5 Å². The molecule has 0 aromatic carbocycles. The first-order valence-electron chi connectivity index (χ1n) is 7.46. The van der Waals surface area contributed by atoms with E-state index >= 15 is 0 Å². The lowest BCUT2D eigenvalue weighted by atomic mass is 9.86. The van der Waals surface area contributed by atoms with Crippen molar-refractivity contribution < 1.29 is 0 Å². The lowest BCUT2D eigenvalue weighted by Crippen LogP contribution is -2.30. The van der Waals surface area contributed by atoms with Crippen molar-refractivity contribution in [3.8, 4) is 0 Å². The first-order chi connectivity index (χ1) is 7.72. The van der Waals surface area contributed by atoms with Crippen molar-refractivity contribution in [1.29, 1.82) is 0 Å². The second kappa shape index (κ2) is 8.11. The molecule has 1 heteroatoms. The Labute approximate surface area is 104 Å². The van der Waals surface area contributed by atoms with Crippen molar-refractivity contribution in [2.75, 3.05) is 13.1 Å². The molecule has 16 heavy (non-hydrogen) atoms. The standard InChI is InChI=1S/C11H21N.2C2H6/c1-10(2)12-8-7-11(9-12)5-3-4-6-11;2*1-2/h10H,3-9H2,1-2H3;2*1-2H3. The maximum Gasteiger partial charge on any atom is 0.00412 e. The first-order valence-corrected chi connectivity index (χ1v) is 7.46. The second-order valence-electron chi connectivity index (χ2n) is 5.02. The highest BCUT2D eigenvalue weighted by atomic mass is 15.2. The van der Waals surface area contributed by atoms with Crippen LogP contribution in [-0.2, 0) is 0 Å². The molecule has 1 aliphatic carbocycles. The van der Waals surface area contributed by atoms with Crippen LogP contribution in [0.2, 0.25) is 0 Å². The predicted molar refractivity (Wildman–Crippen MR) is 74.9 cm³/mol. The molecule has 1 spiro atoms. The molecule has 0 unspecified atom stereocenters. The van der Waals surface area contributed by atoms with Crippen LogP contribution in [0.3, 0.4) is 0 Å². The third-order valence-corrected chi connectivity index (χ3v) is 3.86. The zero-order valence-corrected chi connectivity index (χ0v) is 12.5. The summed E-state index contributed by atoms with van der Waals surface area (Å²) in [6, 6.07) is 0.768. The Balaban J connectivity index is 0.000000509. The van der Waals surface area contributed by atoms with Gasteiger partial charge in [-0.2, -0.15) is 0 Å². The molecule has 2 fully saturated rings. The Kier molecular flexibility index (Phi) is 8.09. The Hall–Kier alpha value is -0.0400. The summed E-state index contributed by atoms with van der Waals surface area (Å²) < 4.78 is 0. The van der Waals surface area contributed by atoms with Gasteiger partial charge in [0.2, 0.25) is 0 Å². The zero-order chi connectivity index (χ0) is 12.6. The van der Waals surface area contributed by atoms with Gasteiger partial charge in [0.15, 0.2) is 0 Å². The Morgan fingerprint density at radius 1 is 0.875 bits per heavy atom. The largest absolute Gasteiger partial charge is 0.300 e. The molecular formula is C15H33N. The molecule has 0 N–H and O–H groups in total. The third-order valence-electron chi connectivity index (χ3n) is 3.86. The van der Waals surface area contributed by atoms with Crippen molar-refractivity contribution in [2.24, 2.45) is 5.41 Å². The van der Waals surface area contributed by atoms with Crippen LogP contribution in [0, 0.1) is 5.41 Å². The highest BCUT2D eigenvalue weighted by Gasteiger charge is 2.40. The maximum absolute atomic E-state index is 2.66. The van der Waals surface area contributed by atoms with E-state index in [-0.39, 0.29) is 0 Å². The van der Waals surface area contributed by atoms with E-state index < -0.39 is 0 Å². The lowest BCUT2D eigenvalue weighted by Gasteiger charge is -2.25. The molecule has 98 valence electrons. The molecule has 0 bridgehead atoms. The van der Waals surface area contributed by atoms with Crippen molar-refractivity contribution in [2.45, 2.75) is 79.7 Å². The quantitative estimate of drug-likeness (QED) is 0.627. The summed E-state index contributed by atoms with van der Waals surface area (Å²) in [6.45, 7) is 15.4. The van der Waals surface area contributed by atoms with Crippen molar-refractivity contribution in [3.63, 3.8) is 0 Å². The van der Waals surface area contributed by atoms with E-state index in [2.05, 4.69) is 18.7 Å². The van der Waals surface area contributed by atoms with Crippen LogP contribution >= 0.6 is 0 Å². The topological polar surface area (TPSA) is 3.24 Å². The SMILES string of the molecule is CC.CC.CC(C)N1CCC2(CCCC2)C1. The van der Waals surface area contributed by atoms with E-state index in [4.69, 9.17) is 0 Å². The highest BCUT2D eigenvalue weighted by molar-refractivity contribution is 4.93. The fourth-order valence-corrected chi connectivity index (χ4v) is 2.94. The molecule has 0 radical (unpaired) electrons. The highest BCUT2D eigenvalue weighted by Crippen LogP contribution is 2.45. The van der Waals surface area contributed by atoms with Gasteiger partial charge in [-0.05, 0) is 45.1 Å². The molecule has 0 amide bonds. The predicted octanol–water partition coefficient (Wildman–Crippen LogP) is 4.71. The Morgan fingerprint density at radius 2 is 1.38 bits per heavy atom. The molecule has 1 saturated heterocycles. The Bertz CT molecular complexity index is 157. The van der Waals surface area contributed by atoms with Gasteiger partial charge in [0.25, 0.3) is 0 Å². The summed E-state index contributed by atoms with van der Waals surface area (Å²) >= 11 is 0. The van der Waals surface area contributed by atoms with Gasteiger partial charge in [-0.1, -0.05) is 40.5 Å². The van der Waals surface area contributed by atoms with Gasteiger partial charge < -0.3 is 4.90 Å². The molecule has 2 rings (SSSR count). The monoisotopic (exact) mass is 227 g/mol. The number of hydrogen-bond acceptors (Lipinski definition) is 1. The molecule has 1 aliphatic heterocycles. The van der Waals surface area contributed by atoms with Crippen molar-refractivity contribution >= 4 is 0 Å².